The SMILES string of the molecule is CNC(=O)CNC(=O)c1c2c(nc3ccccc13)/C(=C\c1ccccc1Cl)CCC2. The number of fused-ring (bicyclic) bond motifs is 2. The van der Waals surface area contributed by atoms with E-state index in [0.717, 1.165) is 52.6 Å². The molecule has 1 aliphatic carbocycles. The number of rotatable bonds is 4. The fraction of sp³-hybridized carbons (Fsp3) is 0.208. The van der Waals surface area contributed by atoms with E-state index in [1.165, 1.54) is 0 Å². The standard InChI is InChI=1S/C24H22ClN3O2/c1-26-21(29)14-27-24(30)22-17-9-3-5-12-20(17)28-23-16(8-6-10-18(22)23)13-15-7-2-4-11-19(15)25/h2-5,7,9,11-13H,6,8,10,14H2,1H3,(H,26,29)(H,27,30)/b16-13-. The van der Waals surface area contributed by atoms with Crippen molar-refractivity contribution in [1.82, 2.24) is 15.6 Å². The molecule has 0 aliphatic heterocycles. The Labute approximate surface area is 180 Å². The molecule has 2 aromatic carbocycles. The highest BCUT2D eigenvalue weighted by atomic mass is 35.5. The third-order valence-electron chi connectivity index (χ3n) is 5.32. The van der Waals surface area contributed by atoms with E-state index in [4.69, 9.17) is 16.6 Å². The Hall–Kier alpha value is -3.18. The summed E-state index contributed by atoms with van der Waals surface area (Å²) in [7, 11) is 1.55. The Balaban J connectivity index is 1.86. The minimum Gasteiger partial charge on any atom is -0.358 e. The monoisotopic (exact) mass is 419 g/mol. The molecule has 0 fully saturated rings. The first-order valence-corrected chi connectivity index (χ1v) is 10.3. The fourth-order valence-electron chi connectivity index (χ4n) is 3.85. The Kier molecular flexibility index (Phi) is 5.81. The van der Waals surface area contributed by atoms with Gasteiger partial charge in [0.2, 0.25) is 5.91 Å². The second-order valence-corrected chi connectivity index (χ2v) is 7.64. The van der Waals surface area contributed by atoms with Crippen molar-refractivity contribution in [2.24, 2.45) is 0 Å². The van der Waals surface area contributed by atoms with Crippen LogP contribution in [0.4, 0.5) is 0 Å². The quantitative estimate of drug-likeness (QED) is 0.664. The van der Waals surface area contributed by atoms with Crippen molar-refractivity contribution < 1.29 is 9.59 Å². The lowest BCUT2D eigenvalue weighted by atomic mass is 9.85. The molecule has 152 valence electrons. The Morgan fingerprint density at radius 2 is 1.87 bits per heavy atom. The van der Waals surface area contributed by atoms with Gasteiger partial charge in [0.05, 0.1) is 23.3 Å². The normalized spacial score (nSPS) is 14.4. The highest BCUT2D eigenvalue weighted by molar-refractivity contribution is 6.32. The third-order valence-corrected chi connectivity index (χ3v) is 5.66. The third kappa shape index (κ3) is 3.94. The van der Waals surface area contributed by atoms with E-state index in [9.17, 15) is 9.59 Å². The van der Waals surface area contributed by atoms with Crippen LogP contribution in [0.5, 0.6) is 0 Å². The number of nitrogens with one attached hydrogen (secondary N) is 2. The maximum Gasteiger partial charge on any atom is 0.252 e. The van der Waals surface area contributed by atoms with E-state index >= 15 is 0 Å². The summed E-state index contributed by atoms with van der Waals surface area (Å²) in [6, 6.07) is 15.3. The van der Waals surface area contributed by atoms with Gasteiger partial charge in [-0.05, 0) is 54.2 Å². The zero-order chi connectivity index (χ0) is 21.1. The molecule has 0 spiro atoms. The number of nitrogens with zero attached hydrogens (tertiary/aromatic N) is 1. The van der Waals surface area contributed by atoms with Crippen molar-refractivity contribution in [3.63, 3.8) is 0 Å². The van der Waals surface area contributed by atoms with E-state index < -0.39 is 0 Å². The summed E-state index contributed by atoms with van der Waals surface area (Å²) < 4.78 is 0. The zero-order valence-electron chi connectivity index (χ0n) is 16.7. The summed E-state index contributed by atoms with van der Waals surface area (Å²) >= 11 is 6.36. The molecule has 0 radical (unpaired) electrons. The van der Waals surface area contributed by atoms with E-state index in [2.05, 4.69) is 16.7 Å². The van der Waals surface area contributed by atoms with Gasteiger partial charge in [0.25, 0.3) is 5.91 Å². The van der Waals surface area contributed by atoms with Crippen LogP contribution in [-0.2, 0) is 11.2 Å². The number of carbonyl (C=O) groups is 2. The van der Waals surface area contributed by atoms with Crippen LogP contribution in [0, 0.1) is 0 Å². The van der Waals surface area contributed by atoms with E-state index in [0.29, 0.717) is 10.6 Å². The topological polar surface area (TPSA) is 71.1 Å². The van der Waals surface area contributed by atoms with Crippen molar-refractivity contribution in [3.8, 4) is 0 Å². The van der Waals surface area contributed by atoms with Gasteiger partial charge in [-0.25, -0.2) is 4.98 Å². The lowest BCUT2D eigenvalue weighted by Gasteiger charge is -2.23. The van der Waals surface area contributed by atoms with Crippen LogP contribution in [0.2, 0.25) is 5.02 Å². The number of allylic oxidation sites excluding steroid dienone is 1. The molecule has 1 aromatic heterocycles. The van der Waals surface area contributed by atoms with Crippen molar-refractivity contribution in [2.45, 2.75) is 19.3 Å². The highest BCUT2D eigenvalue weighted by Crippen LogP contribution is 2.36. The summed E-state index contributed by atoms with van der Waals surface area (Å²) in [6.45, 7) is -0.0664. The van der Waals surface area contributed by atoms with Gasteiger partial charge in [-0.15, -0.1) is 0 Å². The van der Waals surface area contributed by atoms with Gasteiger partial charge in [0.1, 0.15) is 0 Å². The van der Waals surface area contributed by atoms with Crippen LogP contribution in [0.25, 0.3) is 22.6 Å². The molecule has 30 heavy (non-hydrogen) atoms. The average Bonchev–Trinajstić information content (AvgIpc) is 2.77. The van der Waals surface area contributed by atoms with E-state index in [1.807, 2.05) is 48.5 Å². The number of amides is 2. The van der Waals surface area contributed by atoms with Gasteiger partial charge in [-0.1, -0.05) is 48.0 Å². The number of carbonyl (C=O) groups excluding carboxylic acids is 2. The molecular weight excluding hydrogens is 398 g/mol. The predicted molar refractivity (Wildman–Crippen MR) is 120 cm³/mol. The van der Waals surface area contributed by atoms with Crippen LogP contribution in [0.1, 0.15) is 40.0 Å². The molecule has 1 aliphatic rings. The second-order valence-electron chi connectivity index (χ2n) is 7.23. The lowest BCUT2D eigenvalue weighted by Crippen LogP contribution is -2.36. The first-order valence-electron chi connectivity index (χ1n) is 9.94. The molecule has 6 heteroatoms. The Bertz CT molecular complexity index is 1170. The van der Waals surface area contributed by atoms with Crippen LogP contribution >= 0.6 is 11.6 Å². The summed E-state index contributed by atoms with van der Waals surface area (Å²) in [4.78, 5) is 29.6. The lowest BCUT2D eigenvalue weighted by molar-refractivity contribution is -0.119. The van der Waals surface area contributed by atoms with Gasteiger partial charge >= 0.3 is 0 Å². The van der Waals surface area contributed by atoms with Crippen molar-refractivity contribution in [2.75, 3.05) is 13.6 Å². The first-order chi connectivity index (χ1) is 14.6. The molecule has 0 bridgehead atoms. The van der Waals surface area contributed by atoms with E-state index in [-0.39, 0.29) is 18.4 Å². The van der Waals surface area contributed by atoms with Gasteiger partial charge in [0.15, 0.2) is 0 Å². The smallest absolute Gasteiger partial charge is 0.252 e. The molecule has 2 amide bonds. The van der Waals surface area contributed by atoms with Gasteiger partial charge in [0, 0.05) is 17.5 Å². The fourth-order valence-corrected chi connectivity index (χ4v) is 4.04. The van der Waals surface area contributed by atoms with Gasteiger partial charge in [-0.3, -0.25) is 9.59 Å². The molecule has 5 nitrogen and oxygen atoms in total. The number of pyridine rings is 1. The largest absolute Gasteiger partial charge is 0.358 e. The zero-order valence-corrected chi connectivity index (χ0v) is 17.4. The van der Waals surface area contributed by atoms with Crippen molar-refractivity contribution in [1.29, 1.82) is 0 Å². The predicted octanol–water partition coefficient (Wildman–Crippen LogP) is 4.24. The average molecular weight is 420 g/mol. The summed E-state index contributed by atoms with van der Waals surface area (Å²) in [5.41, 5.74) is 5.12. The number of likely N-dealkylation sites (N-methyl/N-ethyl adjacent to an activating group) is 1. The minimum atomic E-state index is -0.257. The van der Waals surface area contributed by atoms with Crippen LogP contribution < -0.4 is 10.6 Å². The number of benzene rings is 2. The van der Waals surface area contributed by atoms with Gasteiger partial charge < -0.3 is 10.6 Å². The molecule has 0 atom stereocenters. The molecule has 0 saturated carbocycles. The Morgan fingerprint density at radius 3 is 2.67 bits per heavy atom. The number of hydrogen-bond donors (Lipinski definition) is 2. The second kappa shape index (κ2) is 8.67. The molecular formula is C24H22ClN3O2. The molecule has 2 N–H and O–H groups in total. The summed E-state index contributed by atoms with van der Waals surface area (Å²) in [5, 5.41) is 6.75. The van der Waals surface area contributed by atoms with Crippen molar-refractivity contribution in [3.05, 3.63) is 75.9 Å². The number of halogens is 1. The summed E-state index contributed by atoms with van der Waals surface area (Å²) in [6.07, 6.45) is 4.60. The first kappa shape index (κ1) is 20.1. The van der Waals surface area contributed by atoms with Crippen LogP contribution in [-0.4, -0.2) is 30.4 Å². The number of hydrogen-bond acceptors (Lipinski definition) is 3. The highest BCUT2D eigenvalue weighted by Gasteiger charge is 2.25. The van der Waals surface area contributed by atoms with Gasteiger partial charge in [-0.2, -0.15) is 0 Å². The van der Waals surface area contributed by atoms with Crippen LogP contribution in [0.3, 0.4) is 0 Å². The molecule has 0 saturated heterocycles. The maximum atomic E-state index is 13.1. The minimum absolute atomic E-state index is 0.0664. The van der Waals surface area contributed by atoms with Crippen molar-refractivity contribution >= 4 is 46.0 Å². The molecule has 3 aromatic rings. The van der Waals surface area contributed by atoms with E-state index in [1.54, 1.807) is 7.05 Å². The number of aromatic nitrogens is 1. The summed E-state index contributed by atoms with van der Waals surface area (Å²) in [5.74, 6) is -0.498. The molecule has 4 rings (SSSR count). The molecule has 1 heterocycles. The Morgan fingerprint density at radius 1 is 1.10 bits per heavy atom. The maximum absolute atomic E-state index is 13.1. The van der Waals surface area contributed by atoms with Crippen LogP contribution in [0.15, 0.2) is 48.5 Å². The molecule has 0 unspecified atom stereocenters. The number of para-hydroxylation sites is 1.